The predicted molar refractivity (Wildman–Crippen MR) is 51.5 cm³/mol. The van der Waals surface area contributed by atoms with Crippen LogP contribution in [0.4, 0.5) is 0 Å². The summed E-state index contributed by atoms with van der Waals surface area (Å²) in [6, 6.07) is 0. The SMILES string of the molecule is CC(C)CNC1=C(N)CNCC1. The van der Waals surface area contributed by atoms with E-state index in [1.54, 1.807) is 0 Å². The molecule has 12 heavy (non-hydrogen) atoms. The summed E-state index contributed by atoms with van der Waals surface area (Å²) in [5, 5.41) is 6.61. The van der Waals surface area contributed by atoms with Crippen molar-refractivity contribution in [2.75, 3.05) is 19.6 Å². The molecule has 0 aromatic heterocycles. The van der Waals surface area contributed by atoms with E-state index >= 15 is 0 Å². The van der Waals surface area contributed by atoms with Crippen molar-refractivity contribution in [1.29, 1.82) is 0 Å². The smallest absolute Gasteiger partial charge is 0.0414 e. The van der Waals surface area contributed by atoms with Crippen LogP contribution in [0.3, 0.4) is 0 Å². The lowest BCUT2D eigenvalue weighted by Gasteiger charge is -2.20. The molecule has 0 spiro atoms. The Bertz CT molecular complexity index is 173. The molecule has 0 amide bonds. The van der Waals surface area contributed by atoms with Crippen LogP contribution in [-0.2, 0) is 0 Å². The highest BCUT2D eigenvalue weighted by Gasteiger charge is 2.08. The van der Waals surface area contributed by atoms with Crippen LogP contribution in [0.1, 0.15) is 20.3 Å². The lowest BCUT2D eigenvalue weighted by molar-refractivity contribution is 0.555. The third kappa shape index (κ3) is 2.74. The van der Waals surface area contributed by atoms with Gasteiger partial charge in [-0.2, -0.15) is 0 Å². The largest absolute Gasteiger partial charge is 0.400 e. The molecular formula is C9H19N3. The molecule has 0 unspecified atom stereocenters. The third-order valence-electron chi connectivity index (χ3n) is 1.98. The fourth-order valence-corrected chi connectivity index (χ4v) is 1.23. The van der Waals surface area contributed by atoms with Crippen LogP contribution in [-0.4, -0.2) is 19.6 Å². The van der Waals surface area contributed by atoms with Gasteiger partial charge in [-0.3, -0.25) is 0 Å². The summed E-state index contributed by atoms with van der Waals surface area (Å²) in [5.41, 5.74) is 8.03. The van der Waals surface area contributed by atoms with Gasteiger partial charge < -0.3 is 16.4 Å². The Kier molecular flexibility index (Phi) is 3.41. The van der Waals surface area contributed by atoms with Crippen LogP contribution >= 0.6 is 0 Å². The quantitative estimate of drug-likeness (QED) is 0.573. The van der Waals surface area contributed by atoms with Crippen molar-refractivity contribution in [3.8, 4) is 0 Å². The van der Waals surface area contributed by atoms with Gasteiger partial charge in [0.1, 0.15) is 0 Å². The Morgan fingerprint density at radius 1 is 1.58 bits per heavy atom. The molecule has 1 aliphatic heterocycles. The topological polar surface area (TPSA) is 50.1 Å². The molecule has 0 saturated carbocycles. The van der Waals surface area contributed by atoms with E-state index in [2.05, 4.69) is 24.5 Å². The highest BCUT2D eigenvalue weighted by atomic mass is 15.0. The minimum Gasteiger partial charge on any atom is -0.400 e. The molecule has 4 N–H and O–H groups in total. The van der Waals surface area contributed by atoms with Gasteiger partial charge in [-0.1, -0.05) is 13.8 Å². The second kappa shape index (κ2) is 4.36. The zero-order valence-electron chi connectivity index (χ0n) is 7.98. The molecule has 0 bridgehead atoms. The Morgan fingerprint density at radius 3 is 2.92 bits per heavy atom. The summed E-state index contributed by atoms with van der Waals surface area (Å²) < 4.78 is 0. The van der Waals surface area contributed by atoms with Crippen molar-refractivity contribution in [2.45, 2.75) is 20.3 Å². The van der Waals surface area contributed by atoms with E-state index < -0.39 is 0 Å². The van der Waals surface area contributed by atoms with Gasteiger partial charge in [-0.25, -0.2) is 0 Å². The van der Waals surface area contributed by atoms with Gasteiger partial charge >= 0.3 is 0 Å². The standard InChI is InChI=1S/C9H19N3/c1-7(2)5-12-9-3-4-11-6-8(9)10/h7,11-12H,3-6,10H2,1-2H3. The molecule has 1 aliphatic rings. The number of hydrogen-bond donors (Lipinski definition) is 3. The number of nitrogens with two attached hydrogens (primary N) is 1. The van der Waals surface area contributed by atoms with Crippen molar-refractivity contribution in [3.63, 3.8) is 0 Å². The van der Waals surface area contributed by atoms with E-state index in [1.165, 1.54) is 5.70 Å². The molecular weight excluding hydrogens is 150 g/mol. The molecule has 3 heteroatoms. The first-order chi connectivity index (χ1) is 5.70. The van der Waals surface area contributed by atoms with Gasteiger partial charge in [-0.15, -0.1) is 0 Å². The molecule has 3 nitrogen and oxygen atoms in total. The molecule has 0 radical (unpaired) electrons. The van der Waals surface area contributed by atoms with Crippen molar-refractivity contribution < 1.29 is 0 Å². The zero-order chi connectivity index (χ0) is 8.97. The van der Waals surface area contributed by atoms with Crippen LogP contribution in [0, 0.1) is 5.92 Å². The van der Waals surface area contributed by atoms with Gasteiger partial charge in [0.05, 0.1) is 0 Å². The van der Waals surface area contributed by atoms with Crippen molar-refractivity contribution >= 4 is 0 Å². The average Bonchev–Trinajstić information content (AvgIpc) is 2.03. The van der Waals surface area contributed by atoms with Crippen LogP contribution in [0.5, 0.6) is 0 Å². The highest BCUT2D eigenvalue weighted by molar-refractivity contribution is 5.13. The summed E-state index contributed by atoms with van der Waals surface area (Å²) >= 11 is 0. The number of hydrogen-bond acceptors (Lipinski definition) is 3. The highest BCUT2D eigenvalue weighted by Crippen LogP contribution is 2.05. The van der Waals surface area contributed by atoms with Crippen LogP contribution < -0.4 is 16.4 Å². The molecule has 0 fully saturated rings. The fraction of sp³-hybridized carbons (Fsp3) is 0.778. The molecule has 70 valence electrons. The van der Waals surface area contributed by atoms with Crippen molar-refractivity contribution in [2.24, 2.45) is 11.7 Å². The Labute approximate surface area is 74.4 Å². The summed E-state index contributed by atoms with van der Waals surface area (Å²) in [5.74, 6) is 0.681. The molecule has 0 aromatic carbocycles. The van der Waals surface area contributed by atoms with Crippen molar-refractivity contribution in [1.82, 2.24) is 10.6 Å². The minimum absolute atomic E-state index is 0.681. The van der Waals surface area contributed by atoms with E-state index in [0.29, 0.717) is 5.92 Å². The van der Waals surface area contributed by atoms with Crippen LogP contribution in [0.25, 0.3) is 0 Å². The van der Waals surface area contributed by atoms with Gasteiger partial charge in [0.25, 0.3) is 0 Å². The first-order valence-corrected chi connectivity index (χ1v) is 4.62. The van der Waals surface area contributed by atoms with Gasteiger partial charge in [0.2, 0.25) is 0 Å². The maximum absolute atomic E-state index is 5.82. The number of rotatable bonds is 3. The Morgan fingerprint density at radius 2 is 2.33 bits per heavy atom. The lowest BCUT2D eigenvalue weighted by Crippen LogP contribution is -2.34. The first kappa shape index (κ1) is 9.39. The van der Waals surface area contributed by atoms with Gasteiger partial charge in [-0.05, 0) is 5.92 Å². The summed E-state index contributed by atoms with van der Waals surface area (Å²) in [6.45, 7) is 7.30. The van der Waals surface area contributed by atoms with E-state index in [4.69, 9.17) is 5.73 Å². The average molecular weight is 169 g/mol. The maximum atomic E-state index is 5.82. The molecule has 0 atom stereocenters. The monoisotopic (exact) mass is 169 g/mol. The predicted octanol–water partition coefficient (Wildman–Crippen LogP) is 0.396. The summed E-state index contributed by atoms with van der Waals surface area (Å²) in [7, 11) is 0. The fourth-order valence-electron chi connectivity index (χ4n) is 1.23. The summed E-state index contributed by atoms with van der Waals surface area (Å²) in [4.78, 5) is 0. The lowest BCUT2D eigenvalue weighted by atomic mass is 10.1. The Hall–Kier alpha value is -0.700. The third-order valence-corrected chi connectivity index (χ3v) is 1.98. The van der Waals surface area contributed by atoms with E-state index in [-0.39, 0.29) is 0 Å². The van der Waals surface area contributed by atoms with Gasteiger partial charge in [0, 0.05) is 37.4 Å². The zero-order valence-corrected chi connectivity index (χ0v) is 7.98. The maximum Gasteiger partial charge on any atom is 0.0414 e. The van der Waals surface area contributed by atoms with Crippen molar-refractivity contribution in [3.05, 3.63) is 11.4 Å². The molecule has 0 aliphatic carbocycles. The molecule has 0 saturated heterocycles. The normalized spacial score (nSPS) is 18.6. The van der Waals surface area contributed by atoms with E-state index in [9.17, 15) is 0 Å². The van der Waals surface area contributed by atoms with E-state index in [0.717, 1.165) is 31.8 Å². The van der Waals surface area contributed by atoms with Crippen LogP contribution in [0.2, 0.25) is 0 Å². The van der Waals surface area contributed by atoms with Crippen LogP contribution in [0.15, 0.2) is 11.4 Å². The number of nitrogens with one attached hydrogen (secondary N) is 2. The Balaban J connectivity index is 2.38. The second-order valence-electron chi connectivity index (χ2n) is 3.71. The van der Waals surface area contributed by atoms with Gasteiger partial charge in [0.15, 0.2) is 0 Å². The molecule has 0 aromatic rings. The first-order valence-electron chi connectivity index (χ1n) is 4.62. The minimum atomic E-state index is 0.681. The second-order valence-corrected chi connectivity index (χ2v) is 3.71. The summed E-state index contributed by atoms with van der Waals surface area (Å²) in [6.07, 6.45) is 1.04. The molecule has 1 rings (SSSR count). The van der Waals surface area contributed by atoms with E-state index in [1.807, 2.05) is 0 Å². The molecule has 1 heterocycles.